The normalized spacial score (nSPS) is 18.0. The van der Waals surface area contributed by atoms with E-state index in [1.807, 2.05) is 48.5 Å². The predicted molar refractivity (Wildman–Crippen MR) is 172 cm³/mol. The van der Waals surface area contributed by atoms with Crippen molar-refractivity contribution in [3.8, 4) is 11.5 Å². The maximum absolute atomic E-state index is 14.3. The Labute approximate surface area is 262 Å². The van der Waals surface area contributed by atoms with Gasteiger partial charge in [-0.05, 0) is 49.8 Å². The quantitative estimate of drug-likeness (QED) is 0.275. The third kappa shape index (κ3) is 5.35. The van der Waals surface area contributed by atoms with Gasteiger partial charge < -0.3 is 14.2 Å². The molecule has 4 aromatic rings. The van der Waals surface area contributed by atoms with E-state index in [0.717, 1.165) is 11.3 Å². The van der Waals surface area contributed by atoms with E-state index in [0.29, 0.717) is 49.1 Å². The van der Waals surface area contributed by atoms with Crippen LogP contribution in [0.5, 0.6) is 11.5 Å². The third-order valence-corrected chi connectivity index (χ3v) is 8.60. The highest BCUT2D eigenvalue weighted by atomic mass is 32.1. The molecule has 6 rings (SSSR count). The summed E-state index contributed by atoms with van der Waals surface area (Å²) in [6.45, 7) is 3.62. The van der Waals surface area contributed by atoms with E-state index in [2.05, 4.69) is 5.10 Å². The zero-order chi connectivity index (χ0) is 31.7. The minimum absolute atomic E-state index is 0.133. The molecule has 228 valence electrons. The number of thiazole rings is 1. The van der Waals surface area contributed by atoms with Gasteiger partial charge in [0.2, 0.25) is 0 Å². The lowest BCUT2D eigenvalue weighted by atomic mass is 9.93. The Balaban J connectivity index is 1.57. The van der Waals surface area contributed by atoms with Crippen LogP contribution in [-0.2, 0) is 14.3 Å². The van der Waals surface area contributed by atoms with Crippen molar-refractivity contribution in [2.24, 2.45) is 16.0 Å². The Kier molecular flexibility index (Phi) is 8.18. The van der Waals surface area contributed by atoms with Crippen molar-refractivity contribution >= 4 is 46.4 Å². The number of esters is 1. The maximum Gasteiger partial charge on any atom is 0.338 e. The Hall–Kier alpha value is -5.29. The summed E-state index contributed by atoms with van der Waals surface area (Å²) in [5.74, 6) is -0.678. The van der Waals surface area contributed by atoms with Crippen molar-refractivity contribution in [3.05, 3.63) is 115 Å². The van der Waals surface area contributed by atoms with Crippen molar-refractivity contribution in [3.63, 3.8) is 0 Å². The maximum atomic E-state index is 14.3. The highest BCUT2D eigenvalue weighted by Crippen LogP contribution is 2.38. The fourth-order valence-corrected chi connectivity index (χ4v) is 6.48. The first kappa shape index (κ1) is 29.8. The fourth-order valence-electron chi connectivity index (χ4n) is 5.47. The number of carbonyl (C=O) groups excluding carboxylic acids is 2. The average Bonchev–Trinajstić information content (AvgIpc) is 3.54. The van der Waals surface area contributed by atoms with Crippen LogP contribution >= 0.6 is 11.3 Å². The van der Waals surface area contributed by atoms with Gasteiger partial charge in [-0.25, -0.2) is 9.79 Å². The van der Waals surface area contributed by atoms with Crippen LogP contribution in [0.15, 0.2) is 99.3 Å². The molecule has 10 nitrogen and oxygen atoms in total. The van der Waals surface area contributed by atoms with Crippen molar-refractivity contribution in [2.45, 2.75) is 19.9 Å². The molecule has 45 heavy (non-hydrogen) atoms. The van der Waals surface area contributed by atoms with E-state index in [4.69, 9.17) is 19.2 Å². The number of aromatic nitrogens is 1. The second-order valence-corrected chi connectivity index (χ2v) is 11.3. The van der Waals surface area contributed by atoms with Gasteiger partial charge in [0.05, 0.1) is 54.1 Å². The molecule has 0 spiro atoms. The summed E-state index contributed by atoms with van der Waals surface area (Å²) in [5, 5.41) is 5.83. The number of methoxy groups -OCH3 is 2. The molecule has 11 heteroatoms. The molecular formula is C34H30N4O6S. The number of hydrogen-bond acceptors (Lipinski definition) is 9. The van der Waals surface area contributed by atoms with E-state index >= 15 is 0 Å². The van der Waals surface area contributed by atoms with Gasteiger partial charge in [0.15, 0.2) is 16.3 Å². The lowest BCUT2D eigenvalue weighted by molar-refractivity contribution is -0.138. The smallest absolute Gasteiger partial charge is 0.338 e. The van der Waals surface area contributed by atoms with Crippen LogP contribution in [0.25, 0.3) is 11.8 Å². The summed E-state index contributed by atoms with van der Waals surface area (Å²) in [4.78, 5) is 46.7. The molecular weight excluding hydrogens is 592 g/mol. The Morgan fingerprint density at radius 2 is 1.64 bits per heavy atom. The highest BCUT2D eigenvalue weighted by Gasteiger charge is 2.37. The number of para-hydroxylation sites is 1. The van der Waals surface area contributed by atoms with Gasteiger partial charge in [0.25, 0.3) is 11.5 Å². The summed E-state index contributed by atoms with van der Waals surface area (Å²) < 4.78 is 18.4. The molecule has 0 fully saturated rings. The number of anilines is 1. The Bertz CT molecular complexity index is 2030. The van der Waals surface area contributed by atoms with E-state index in [1.54, 1.807) is 50.3 Å². The fraction of sp³-hybridized carbons (Fsp3) is 0.206. The molecule has 0 aliphatic carbocycles. The largest absolute Gasteiger partial charge is 0.493 e. The summed E-state index contributed by atoms with van der Waals surface area (Å²) in [7, 11) is 3.05. The molecule has 0 radical (unpaired) electrons. The lowest BCUT2D eigenvalue weighted by Gasteiger charge is -2.26. The lowest BCUT2D eigenvalue weighted by Crippen LogP contribution is -2.40. The molecule has 0 unspecified atom stereocenters. The first-order chi connectivity index (χ1) is 21.9. The summed E-state index contributed by atoms with van der Waals surface area (Å²) in [6, 6.07) is 22.8. The van der Waals surface area contributed by atoms with Crippen LogP contribution in [0.2, 0.25) is 0 Å². The zero-order valence-corrected chi connectivity index (χ0v) is 25.9. The number of fused-ring (bicyclic) bond motifs is 1. The van der Waals surface area contributed by atoms with Crippen LogP contribution < -0.4 is 29.4 Å². The van der Waals surface area contributed by atoms with Crippen molar-refractivity contribution in [1.29, 1.82) is 0 Å². The van der Waals surface area contributed by atoms with Gasteiger partial charge >= 0.3 is 5.97 Å². The zero-order valence-electron chi connectivity index (χ0n) is 25.1. The predicted octanol–water partition coefficient (Wildman–Crippen LogP) is 3.94. The summed E-state index contributed by atoms with van der Waals surface area (Å²) in [5.41, 5.74) is 2.69. The SMILES string of the molecule is CCOC(=O)C1=C(c2ccccc2)N=c2s/c(=C/[C@H]3C(=O)N(c4ccccc4)N=C3C)c(=O)n2[C@@H]1c1ccc(OC)c(OC)c1. The number of nitrogens with zero attached hydrogens (tertiary/aromatic N) is 4. The van der Waals surface area contributed by atoms with Gasteiger partial charge in [0, 0.05) is 5.56 Å². The molecule has 1 aromatic heterocycles. The first-order valence-electron chi connectivity index (χ1n) is 14.3. The number of benzene rings is 3. The average molecular weight is 623 g/mol. The standard InChI is InChI=1S/C34H30N4O6S/c1-5-44-33(41)28-29(21-12-8-6-9-13-21)35-34-37(30(28)22-16-17-25(42-3)26(18-22)43-4)32(40)27(45-34)19-24-20(2)36-38(31(24)39)23-14-10-7-11-15-23/h6-19,24,30H,5H2,1-4H3/b27-19+/t24-,30-/m1/s1. The van der Waals surface area contributed by atoms with Gasteiger partial charge in [-0.1, -0.05) is 65.9 Å². The number of hydrogen-bond donors (Lipinski definition) is 0. The van der Waals surface area contributed by atoms with Crippen molar-refractivity contribution in [1.82, 2.24) is 4.57 Å². The van der Waals surface area contributed by atoms with E-state index in [9.17, 15) is 14.4 Å². The Morgan fingerprint density at radius 1 is 0.956 bits per heavy atom. The number of rotatable bonds is 8. The van der Waals surface area contributed by atoms with Crippen LogP contribution in [0.4, 0.5) is 5.69 Å². The van der Waals surface area contributed by atoms with Crippen LogP contribution in [-0.4, -0.2) is 43.0 Å². The minimum atomic E-state index is -0.910. The van der Waals surface area contributed by atoms with E-state index in [-0.39, 0.29) is 18.1 Å². The molecule has 3 aromatic carbocycles. The highest BCUT2D eigenvalue weighted by molar-refractivity contribution is 7.07. The van der Waals surface area contributed by atoms with Crippen LogP contribution in [0.1, 0.15) is 31.0 Å². The number of carbonyl (C=O) groups is 2. The van der Waals surface area contributed by atoms with Crippen molar-refractivity contribution < 1.29 is 23.8 Å². The number of amides is 1. The van der Waals surface area contributed by atoms with E-state index in [1.165, 1.54) is 23.8 Å². The molecule has 0 saturated carbocycles. The molecule has 2 aliphatic heterocycles. The minimum Gasteiger partial charge on any atom is -0.493 e. The van der Waals surface area contributed by atoms with Crippen LogP contribution in [0, 0.1) is 5.92 Å². The molecule has 2 atom stereocenters. The summed E-state index contributed by atoms with van der Waals surface area (Å²) in [6.07, 6.45) is 1.63. The topological polar surface area (TPSA) is 112 Å². The molecule has 3 heterocycles. The van der Waals surface area contributed by atoms with Crippen LogP contribution in [0.3, 0.4) is 0 Å². The van der Waals surface area contributed by atoms with E-state index < -0.39 is 23.5 Å². The van der Waals surface area contributed by atoms with Gasteiger partial charge in [0.1, 0.15) is 5.92 Å². The monoisotopic (exact) mass is 622 g/mol. The summed E-state index contributed by atoms with van der Waals surface area (Å²) >= 11 is 1.15. The van der Waals surface area contributed by atoms with Gasteiger partial charge in [-0.2, -0.15) is 10.1 Å². The number of ether oxygens (including phenoxy) is 3. The number of hydrazone groups is 1. The third-order valence-electron chi connectivity index (χ3n) is 7.60. The molecule has 0 saturated heterocycles. The van der Waals surface area contributed by atoms with Gasteiger partial charge in [-0.15, -0.1) is 0 Å². The first-order valence-corrected chi connectivity index (χ1v) is 15.1. The molecule has 0 bridgehead atoms. The molecule has 0 N–H and O–H groups in total. The molecule has 1 amide bonds. The second kappa shape index (κ2) is 12.4. The Morgan fingerprint density at radius 3 is 2.31 bits per heavy atom. The second-order valence-electron chi connectivity index (χ2n) is 10.3. The molecule has 2 aliphatic rings. The van der Waals surface area contributed by atoms with Gasteiger partial charge in [-0.3, -0.25) is 14.2 Å². The van der Waals surface area contributed by atoms with Crippen molar-refractivity contribution in [2.75, 3.05) is 25.8 Å².